The second-order valence-electron chi connectivity index (χ2n) is 4.92. The molecule has 0 aromatic heterocycles. The smallest absolute Gasteiger partial charge is 0.220 e. The zero-order valence-corrected chi connectivity index (χ0v) is 12.7. The van der Waals surface area contributed by atoms with Crippen molar-refractivity contribution in [3.63, 3.8) is 0 Å². The van der Waals surface area contributed by atoms with Crippen LogP contribution < -0.4 is 15.4 Å². The number of carbonyl (C=O) groups is 1. The van der Waals surface area contributed by atoms with Crippen LogP contribution in [0.5, 0.6) is 5.75 Å². The van der Waals surface area contributed by atoms with Gasteiger partial charge in [0.2, 0.25) is 5.91 Å². The summed E-state index contributed by atoms with van der Waals surface area (Å²) in [7, 11) is 1.66. The molecule has 0 bridgehead atoms. The molecule has 1 saturated heterocycles. The van der Waals surface area contributed by atoms with Gasteiger partial charge >= 0.3 is 0 Å². The molecule has 1 fully saturated rings. The minimum absolute atomic E-state index is 0. The zero-order chi connectivity index (χ0) is 13.5. The number of nitrogens with one attached hydrogen (secondary N) is 2. The summed E-state index contributed by atoms with van der Waals surface area (Å²) in [6.07, 6.45) is 3.44. The minimum Gasteiger partial charge on any atom is -0.496 e. The molecule has 4 nitrogen and oxygen atoms in total. The fourth-order valence-corrected chi connectivity index (χ4v) is 2.43. The van der Waals surface area contributed by atoms with Crippen LogP contribution >= 0.6 is 12.4 Å². The van der Waals surface area contributed by atoms with Crippen molar-refractivity contribution in [2.75, 3.05) is 20.2 Å². The molecule has 2 N–H and O–H groups in total. The van der Waals surface area contributed by atoms with E-state index in [2.05, 4.69) is 10.6 Å². The van der Waals surface area contributed by atoms with Crippen LogP contribution in [0.2, 0.25) is 0 Å². The van der Waals surface area contributed by atoms with E-state index in [0.29, 0.717) is 12.5 Å². The SMILES string of the molecule is COc1ccccc1CCC(=O)N[C@H]1CCCNC1.Cl. The normalized spacial score (nSPS) is 17.9. The Hall–Kier alpha value is -1.26. The molecule has 1 heterocycles. The lowest BCUT2D eigenvalue weighted by atomic mass is 10.1. The fourth-order valence-electron chi connectivity index (χ4n) is 2.43. The van der Waals surface area contributed by atoms with Gasteiger partial charge in [-0.2, -0.15) is 0 Å². The van der Waals surface area contributed by atoms with Gasteiger partial charge in [0.05, 0.1) is 7.11 Å². The Kier molecular flexibility index (Phi) is 7.41. The molecule has 1 aliphatic heterocycles. The van der Waals surface area contributed by atoms with E-state index in [0.717, 1.165) is 43.7 Å². The lowest BCUT2D eigenvalue weighted by Gasteiger charge is -2.23. The Bertz CT molecular complexity index is 420. The van der Waals surface area contributed by atoms with Crippen LogP contribution in [0.15, 0.2) is 24.3 Å². The molecule has 20 heavy (non-hydrogen) atoms. The predicted octanol–water partition coefficient (Wildman–Crippen LogP) is 1.92. The molecule has 0 aliphatic carbocycles. The molecule has 1 aromatic rings. The molecule has 1 aliphatic rings. The monoisotopic (exact) mass is 298 g/mol. The number of carbonyl (C=O) groups excluding carboxylic acids is 1. The number of methoxy groups -OCH3 is 1. The molecular formula is C15H23ClN2O2. The summed E-state index contributed by atoms with van der Waals surface area (Å²) in [6, 6.07) is 8.14. The summed E-state index contributed by atoms with van der Waals surface area (Å²) >= 11 is 0. The maximum atomic E-state index is 11.9. The van der Waals surface area contributed by atoms with Crippen LogP contribution in [0, 0.1) is 0 Å². The molecule has 0 saturated carbocycles. The summed E-state index contributed by atoms with van der Waals surface area (Å²) in [5, 5.41) is 6.38. The number of aryl methyl sites for hydroxylation is 1. The molecule has 112 valence electrons. The maximum absolute atomic E-state index is 11.9. The number of amides is 1. The highest BCUT2D eigenvalue weighted by Gasteiger charge is 2.15. The van der Waals surface area contributed by atoms with Crippen molar-refractivity contribution in [3.8, 4) is 5.75 Å². The van der Waals surface area contributed by atoms with Gasteiger partial charge in [-0.05, 0) is 37.4 Å². The Morgan fingerprint density at radius 3 is 2.95 bits per heavy atom. The van der Waals surface area contributed by atoms with Crippen LogP contribution in [0.4, 0.5) is 0 Å². The van der Waals surface area contributed by atoms with Gasteiger partial charge < -0.3 is 15.4 Å². The average Bonchev–Trinajstić information content (AvgIpc) is 2.46. The number of benzene rings is 1. The van der Waals surface area contributed by atoms with E-state index < -0.39 is 0 Å². The minimum atomic E-state index is 0. The van der Waals surface area contributed by atoms with Gasteiger partial charge in [-0.3, -0.25) is 4.79 Å². The first-order valence-corrected chi connectivity index (χ1v) is 6.91. The Balaban J connectivity index is 0.00000200. The van der Waals surface area contributed by atoms with Crippen LogP contribution in [0.25, 0.3) is 0 Å². The van der Waals surface area contributed by atoms with Crippen molar-refractivity contribution in [2.45, 2.75) is 31.7 Å². The van der Waals surface area contributed by atoms with E-state index in [1.807, 2.05) is 24.3 Å². The van der Waals surface area contributed by atoms with Crippen molar-refractivity contribution in [1.82, 2.24) is 10.6 Å². The fraction of sp³-hybridized carbons (Fsp3) is 0.533. The number of rotatable bonds is 5. The quantitative estimate of drug-likeness (QED) is 0.873. The highest BCUT2D eigenvalue weighted by Crippen LogP contribution is 2.18. The third-order valence-corrected chi connectivity index (χ3v) is 3.48. The average molecular weight is 299 g/mol. The van der Waals surface area contributed by atoms with Crippen LogP contribution in [-0.2, 0) is 11.2 Å². The predicted molar refractivity (Wildman–Crippen MR) is 82.6 cm³/mol. The number of para-hydroxylation sites is 1. The molecule has 0 spiro atoms. The van der Waals surface area contributed by atoms with E-state index >= 15 is 0 Å². The standard InChI is InChI=1S/C15H22N2O2.ClH/c1-19-14-7-3-2-5-12(14)8-9-15(18)17-13-6-4-10-16-11-13;/h2-3,5,7,13,16H,4,6,8-11H2,1H3,(H,17,18);1H/t13-;/m0./s1. The first-order chi connectivity index (χ1) is 9.29. The van der Waals surface area contributed by atoms with E-state index in [9.17, 15) is 4.79 Å². The van der Waals surface area contributed by atoms with Crippen LogP contribution in [-0.4, -0.2) is 32.1 Å². The van der Waals surface area contributed by atoms with Gasteiger partial charge in [0, 0.05) is 19.0 Å². The number of hydrogen-bond donors (Lipinski definition) is 2. The zero-order valence-electron chi connectivity index (χ0n) is 11.9. The van der Waals surface area contributed by atoms with Crippen LogP contribution in [0.1, 0.15) is 24.8 Å². The third-order valence-electron chi connectivity index (χ3n) is 3.48. The summed E-state index contributed by atoms with van der Waals surface area (Å²) in [5.74, 6) is 0.981. The summed E-state index contributed by atoms with van der Waals surface area (Å²) in [4.78, 5) is 11.9. The van der Waals surface area contributed by atoms with E-state index in [1.165, 1.54) is 0 Å². The van der Waals surface area contributed by atoms with Gasteiger partial charge in [-0.25, -0.2) is 0 Å². The molecule has 2 rings (SSSR count). The Labute approximate surface area is 126 Å². The highest BCUT2D eigenvalue weighted by molar-refractivity contribution is 5.85. The molecule has 1 atom stereocenters. The Morgan fingerprint density at radius 1 is 1.45 bits per heavy atom. The van der Waals surface area contributed by atoms with Gasteiger partial charge in [-0.1, -0.05) is 18.2 Å². The van der Waals surface area contributed by atoms with Crippen molar-refractivity contribution >= 4 is 18.3 Å². The molecule has 1 amide bonds. The van der Waals surface area contributed by atoms with Gasteiger partial charge in [-0.15, -0.1) is 12.4 Å². The first kappa shape index (κ1) is 16.8. The van der Waals surface area contributed by atoms with Crippen LogP contribution in [0.3, 0.4) is 0 Å². The second-order valence-corrected chi connectivity index (χ2v) is 4.92. The van der Waals surface area contributed by atoms with Crippen molar-refractivity contribution in [2.24, 2.45) is 0 Å². The first-order valence-electron chi connectivity index (χ1n) is 6.91. The maximum Gasteiger partial charge on any atom is 0.220 e. The number of hydrogen-bond acceptors (Lipinski definition) is 3. The highest BCUT2D eigenvalue weighted by atomic mass is 35.5. The largest absolute Gasteiger partial charge is 0.496 e. The molecule has 1 aromatic carbocycles. The lowest BCUT2D eigenvalue weighted by molar-refractivity contribution is -0.121. The summed E-state index contributed by atoms with van der Waals surface area (Å²) < 4.78 is 5.29. The van der Waals surface area contributed by atoms with E-state index in [4.69, 9.17) is 4.74 Å². The molecule has 0 radical (unpaired) electrons. The molecular weight excluding hydrogens is 276 g/mol. The number of ether oxygens (including phenoxy) is 1. The summed E-state index contributed by atoms with van der Waals surface area (Å²) in [5.41, 5.74) is 1.09. The third kappa shape index (κ3) is 5.02. The van der Waals surface area contributed by atoms with Gasteiger partial charge in [0.1, 0.15) is 5.75 Å². The van der Waals surface area contributed by atoms with Crippen molar-refractivity contribution in [3.05, 3.63) is 29.8 Å². The van der Waals surface area contributed by atoms with E-state index in [1.54, 1.807) is 7.11 Å². The Morgan fingerprint density at radius 2 is 2.25 bits per heavy atom. The lowest BCUT2D eigenvalue weighted by Crippen LogP contribution is -2.45. The van der Waals surface area contributed by atoms with Crippen molar-refractivity contribution < 1.29 is 9.53 Å². The molecule has 0 unspecified atom stereocenters. The van der Waals surface area contributed by atoms with E-state index in [-0.39, 0.29) is 18.3 Å². The number of piperidine rings is 1. The second kappa shape index (κ2) is 8.82. The topological polar surface area (TPSA) is 50.4 Å². The number of halogens is 1. The van der Waals surface area contributed by atoms with Gasteiger partial charge in [0.25, 0.3) is 0 Å². The summed E-state index contributed by atoms with van der Waals surface area (Å²) in [6.45, 7) is 1.95. The molecule has 5 heteroatoms. The van der Waals surface area contributed by atoms with Gasteiger partial charge in [0.15, 0.2) is 0 Å². The van der Waals surface area contributed by atoms with Crippen molar-refractivity contribution in [1.29, 1.82) is 0 Å².